The van der Waals surface area contributed by atoms with Gasteiger partial charge in [-0.1, -0.05) is 13.3 Å². The molecular formula is C10H20O2. The van der Waals surface area contributed by atoms with Gasteiger partial charge >= 0.3 is 0 Å². The maximum absolute atomic E-state index is 9.09. The van der Waals surface area contributed by atoms with Crippen LogP contribution < -0.4 is 0 Å². The Labute approximate surface area is 74.6 Å². The molecule has 0 aliphatic heterocycles. The highest BCUT2D eigenvalue weighted by atomic mass is 16.3. The fraction of sp³-hybridized carbons (Fsp3) is 1.00. The zero-order valence-corrected chi connectivity index (χ0v) is 7.87. The van der Waals surface area contributed by atoms with Gasteiger partial charge in [-0.25, -0.2) is 0 Å². The summed E-state index contributed by atoms with van der Waals surface area (Å²) in [6.07, 6.45) is 4.44. The molecule has 0 amide bonds. The van der Waals surface area contributed by atoms with E-state index in [-0.39, 0.29) is 0 Å². The Bertz CT molecular complexity index is 125. The monoisotopic (exact) mass is 172 g/mol. The van der Waals surface area contributed by atoms with Gasteiger partial charge in [0.2, 0.25) is 0 Å². The molecule has 0 heterocycles. The standard InChI is InChI=1S/C10H20O2/c1-2-9-5-8(6-11)3-4-10(9)7-12/h8-12H,2-7H2,1H3/t8?,9-,10+/m1/s1. The van der Waals surface area contributed by atoms with E-state index in [1.807, 2.05) is 0 Å². The molecule has 1 saturated carbocycles. The second-order valence-electron chi connectivity index (χ2n) is 3.97. The summed E-state index contributed by atoms with van der Waals surface area (Å²) in [6, 6.07) is 0. The topological polar surface area (TPSA) is 40.5 Å². The van der Waals surface area contributed by atoms with Crippen LogP contribution in [-0.2, 0) is 0 Å². The number of rotatable bonds is 3. The smallest absolute Gasteiger partial charge is 0.0461 e. The van der Waals surface area contributed by atoms with Crippen LogP contribution in [0.15, 0.2) is 0 Å². The van der Waals surface area contributed by atoms with E-state index in [0.29, 0.717) is 31.0 Å². The Morgan fingerprint density at radius 1 is 1.08 bits per heavy atom. The molecule has 2 N–H and O–H groups in total. The molecule has 0 aromatic rings. The van der Waals surface area contributed by atoms with Crippen molar-refractivity contribution in [1.29, 1.82) is 0 Å². The molecule has 0 aromatic heterocycles. The summed E-state index contributed by atoms with van der Waals surface area (Å²) < 4.78 is 0. The molecule has 12 heavy (non-hydrogen) atoms. The Balaban J connectivity index is 2.41. The average Bonchev–Trinajstić information content (AvgIpc) is 2.16. The Morgan fingerprint density at radius 2 is 1.83 bits per heavy atom. The van der Waals surface area contributed by atoms with Gasteiger partial charge in [0.15, 0.2) is 0 Å². The number of hydrogen-bond donors (Lipinski definition) is 2. The maximum Gasteiger partial charge on any atom is 0.0461 e. The first-order chi connectivity index (χ1) is 5.81. The summed E-state index contributed by atoms with van der Waals surface area (Å²) in [5.74, 6) is 1.64. The number of hydrogen-bond acceptors (Lipinski definition) is 2. The predicted octanol–water partition coefficient (Wildman–Crippen LogP) is 1.41. The highest BCUT2D eigenvalue weighted by Crippen LogP contribution is 2.35. The lowest BCUT2D eigenvalue weighted by Crippen LogP contribution is -2.28. The van der Waals surface area contributed by atoms with Crippen LogP contribution in [0, 0.1) is 17.8 Å². The van der Waals surface area contributed by atoms with Crippen molar-refractivity contribution in [2.45, 2.75) is 32.6 Å². The van der Waals surface area contributed by atoms with Gasteiger partial charge < -0.3 is 10.2 Å². The van der Waals surface area contributed by atoms with Crippen molar-refractivity contribution in [3.05, 3.63) is 0 Å². The van der Waals surface area contributed by atoms with Gasteiger partial charge in [-0.3, -0.25) is 0 Å². The van der Waals surface area contributed by atoms with Gasteiger partial charge in [0.1, 0.15) is 0 Å². The van der Waals surface area contributed by atoms with E-state index in [2.05, 4.69) is 6.92 Å². The largest absolute Gasteiger partial charge is 0.396 e. The molecule has 0 bridgehead atoms. The minimum absolute atomic E-state index is 0.328. The molecule has 0 spiro atoms. The summed E-state index contributed by atoms with van der Waals surface area (Å²) in [4.78, 5) is 0. The molecule has 0 aromatic carbocycles. The Hall–Kier alpha value is -0.0800. The molecule has 1 fully saturated rings. The molecule has 2 heteroatoms. The number of aliphatic hydroxyl groups is 2. The van der Waals surface area contributed by atoms with Crippen molar-refractivity contribution in [3.8, 4) is 0 Å². The molecule has 1 aliphatic rings. The normalized spacial score (nSPS) is 36.8. The van der Waals surface area contributed by atoms with Crippen molar-refractivity contribution in [2.75, 3.05) is 13.2 Å². The van der Waals surface area contributed by atoms with E-state index < -0.39 is 0 Å². The lowest BCUT2D eigenvalue weighted by Gasteiger charge is -2.33. The third kappa shape index (κ3) is 2.20. The van der Waals surface area contributed by atoms with Gasteiger partial charge in [-0.2, -0.15) is 0 Å². The fourth-order valence-corrected chi connectivity index (χ4v) is 2.33. The summed E-state index contributed by atoms with van der Waals surface area (Å²) in [5.41, 5.74) is 0. The third-order valence-corrected chi connectivity index (χ3v) is 3.27. The van der Waals surface area contributed by atoms with Crippen molar-refractivity contribution < 1.29 is 10.2 Å². The van der Waals surface area contributed by atoms with Gasteiger partial charge in [0.25, 0.3) is 0 Å². The minimum atomic E-state index is 0.328. The van der Waals surface area contributed by atoms with Crippen LogP contribution in [0.2, 0.25) is 0 Å². The van der Waals surface area contributed by atoms with Crippen LogP contribution in [0.25, 0.3) is 0 Å². The minimum Gasteiger partial charge on any atom is -0.396 e. The van der Waals surface area contributed by atoms with Gasteiger partial charge in [0, 0.05) is 13.2 Å². The Morgan fingerprint density at radius 3 is 2.33 bits per heavy atom. The second-order valence-corrected chi connectivity index (χ2v) is 3.97. The molecule has 1 unspecified atom stereocenters. The Kier molecular flexibility index (Phi) is 4.02. The summed E-state index contributed by atoms with van der Waals surface area (Å²) in [7, 11) is 0. The van der Waals surface area contributed by atoms with Crippen LogP contribution >= 0.6 is 0 Å². The van der Waals surface area contributed by atoms with Crippen molar-refractivity contribution >= 4 is 0 Å². The van der Waals surface area contributed by atoms with E-state index in [9.17, 15) is 0 Å². The van der Waals surface area contributed by atoms with Gasteiger partial charge in [-0.05, 0) is 37.0 Å². The molecule has 72 valence electrons. The molecule has 3 atom stereocenters. The van der Waals surface area contributed by atoms with Crippen LogP contribution in [0.3, 0.4) is 0 Å². The SMILES string of the molecule is CC[C@@H]1CC(CO)CC[C@H]1CO. The van der Waals surface area contributed by atoms with E-state index in [0.717, 1.165) is 25.7 Å². The van der Waals surface area contributed by atoms with Gasteiger partial charge in [0.05, 0.1) is 0 Å². The van der Waals surface area contributed by atoms with Crippen molar-refractivity contribution in [1.82, 2.24) is 0 Å². The van der Waals surface area contributed by atoms with Crippen LogP contribution in [0.4, 0.5) is 0 Å². The van der Waals surface area contributed by atoms with E-state index in [1.54, 1.807) is 0 Å². The lowest BCUT2D eigenvalue weighted by atomic mass is 9.73. The lowest BCUT2D eigenvalue weighted by molar-refractivity contribution is 0.0793. The summed E-state index contributed by atoms with van der Waals surface area (Å²) in [6.45, 7) is 2.83. The van der Waals surface area contributed by atoms with Crippen LogP contribution in [0.5, 0.6) is 0 Å². The van der Waals surface area contributed by atoms with Crippen molar-refractivity contribution in [2.24, 2.45) is 17.8 Å². The third-order valence-electron chi connectivity index (χ3n) is 3.27. The second kappa shape index (κ2) is 4.83. The molecule has 2 nitrogen and oxygen atoms in total. The first-order valence-corrected chi connectivity index (χ1v) is 5.03. The molecular weight excluding hydrogens is 152 g/mol. The highest BCUT2D eigenvalue weighted by Gasteiger charge is 2.28. The first-order valence-electron chi connectivity index (χ1n) is 5.03. The maximum atomic E-state index is 9.09. The zero-order chi connectivity index (χ0) is 8.97. The van der Waals surface area contributed by atoms with Crippen LogP contribution in [-0.4, -0.2) is 23.4 Å². The quantitative estimate of drug-likeness (QED) is 0.676. The van der Waals surface area contributed by atoms with Crippen molar-refractivity contribution in [3.63, 3.8) is 0 Å². The zero-order valence-electron chi connectivity index (χ0n) is 7.87. The summed E-state index contributed by atoms with van der Waals surface area (Å²) in [5, 5.41) is 18.1. The van der Waals surface area contributed by atoms with E-state index in [4.69, 9.17) is 10.2 Å². The van der Waals surface area contributed by atoms with Gasteiger partial charge in [-0.15, -0.1) is 0 Å². The summed E-state index contributed by atoms with van der Waals surface area (Å²) >= 11 is 0. The average molecular weight is 172 g/mol. The molecule has 0 saturated heterocycles. The molecule has 1 rings (SSSR count). The van der Waals surface area contributed by atoms with E-state index in [1.165, 1.54) is 0 Å². The predicted molar refractivity (Wildman–Crippen MR) is 48.8 cm³/mol. The molecule has 0 radical (unpaired) electrons. The fourth-order valence-electron chi connectivity index (χ4n) is 2.33. The molecule has 1 aliphatic carbocycles. The number of aliphatic hydroxyl groups excluding tert-OH is 2. The highest BCUT2D eigenvalue weighted by molar-refractivity contribution is 4.78. The van der Waals surface area contributed by atoms with E-state index >= 15 is 0 Å². The van der Waals surface area contributed by atoms with Crippen LogP contribution in [0.1, 0.15) is 32.6 Å². The first kappa shape index (κ1) is 10.0.